The fraction of sp³-hybridized carbons (Fsp3) is 0.605. The van der Waals surface area contributed by atoms with Crippen molar-refractivity contribution in [1.29, 1.82) is 0 Å². The number of hydrazine groups is 1. The molecule has 0 unspecified atom stereocenters. The number of fused-ring (bicyclic) bond motifs is 1. The molecule has 674 valence electrons. The number of carbonyl (C=O) groups excluding carboxylic acids is 11. The first-order valence-electron chi connectivity index (χ1n) is 41.9. The van der Waals surface area contributed by atoms with Crippen LogP contribution < -0.4 is 48.3 Å². The van der Waals surface area contributed by atoms with Gasteiger partial charge in [0.05, 0.1) is 75.6 Å². The lowest BCUT2D eigenvalue weighted by Crippen LogP contribution is -2.60. The summed E-state index contributed by atoms with van der Waals surface area (Å²) in [4.78, 5) is 177. The number of likely N-dealkylation sites (tertiary alicyclic amines) is 1. The van der Waals surface area contributed by atoms with Gasteiger partial charge in [-0.2, -0.15) is 0 Å². The lowest BCUT2D eigenvalue weighted by atomic mass is 9.89. The van der Waals surface area contributed by atoms with Crippen LogP contribution in [0.3, 0.4) is 0 Å². The molecule has 35 nitrogen and oxygen atoms in total. The first kappa shape index (κ1) is 101. The van der Waals surface area contributed by atoms with Gasteiger partial charge in [-0.15, -0.1) is 11.3 Å². The number of pyridine rings is 1. The number of methoxy groups -OCH3 is 2. The minimum absolute atomic E-state index is 0.00181. The molecule has 0 aliphatic carbocycles. The minimum atomic E-state index is -1.17. The zero-order valence-electron chi connectivity index (χ0n) is 73.6. The maximum atomic E-state index is 15.0. The highest BCUT2D eigenvalue weighted by Crippen LogP contribution is 2.32. The fourth-order valence-corrected chi connectivity index (χ4v) is 15.5. The van der Waals surface area contributed by atoms with Crippen molar-refractivity contribution in [2.75, 3.05) is 101 Å². The molecule has 36 heteroatoms. The van der Waals surface area contributed by atoms with E-state index in [-0.39, 0.29) is 121 Å². The van der Waals surface area contributed by atoms with E-state index in [4.69, 9.17) is 29.4 Å². The number of thiazole rings is 1. The summed E-state index contributed by atoms with van der Waals surface area (Å²) in [5.41, 5.74) is 8.79. The SMILES string of the molecule is CC[C@H](C)[C@@H]([C@@H](CC(=O)N1CCC[C@H]1[C@H](OC)[C@@H](C)C(=O)N[C@@H](Cc1ccccc1)c1nccs1)OC)N(C)C(=O)[C@@H](NC(=O)[C@H](C(C)C)N(C)C(=O)OCc1ccc(NC(=O)[C@H](CCCNC(N)=O)NC(=O)[C@@H](NC(=O)CCOCCOCCNC(=O)[C@H](CCC(=O)O)NC(=O)CCn2c(CN(C)N(C)C)cc3cccnc32)C(C)C)cc1)C(C)C. The van der Waals surface area contributed by atoms with Gasteiger partial charge in [0.15, 0.2) is 0 Å². The highest BCUT2D eigenvalue weighted by Gasteiger charge is 2.44. The summed E-state index contributed by atoms with van der Waals surface area (Å²) in [6, 6.07) is 14.2. The topological polar surface area (TPSA) is 440 Å². The number of nitrogens with two attached hydrogens (primary N) is 1. The third-order valence-electron chi connectivity index (χ3n) is 22.0. The van der Waals surface area contributed by atoms with Gasteiger partial charge in [-0.1, -0.05) is 111 Å². The zero-order chi connectivity index (χ0) is 89.9. The molecule has 1 aliphatic heterocycles. The number of carboxylic acids is 1. The second kappa shape index (κ2) is 51.0. The average molecular weight is 1720 g/mol. The highest BCUT2D eigenvalue weighted by atomic mass is 32.1. The van der Waals surface area contributed by atoms with Gasteiger partial charge < -0.3 is 91.4 Å². The standard InChI is InChI=1S/C86H131N17O18S/c1-17-56(8)75(67(117-15)50-70(106)103-41-23-28-66(103)76(118-16)57(9)78(109)95-65(83-90-40-47-122-83)48-58-24-19-18-20-25-58)100(13)84(114)73(54(4)5)97-82(113)74(55(6)7)101(14)86(116)121-52-59-29-31-61(32-30-59)92-80(111)63(27-22-38-91-85(87)115)94-81(112)72(53(2)3)96-69(105)36-43-119-45-46-120-44-39-89-79(110)64(33-34-71(107)108)93-68(104)35-42-102-62(51-99(12)98(10)11)49-60-26-21-37-88-77(60)102/h18-21,24-26,29-32,37,40,47,49,53-57,63-67,72-76H,17,22-23,27-28,33-36,38-39,41-46,48,50-52H2,1-16H3,(H,89,110)(H,92,111)(H,93,104)(H,94,112)(H,95,109)(H,96,105)(H,97,113)(H,107,108)(H3,87,91,115)/t56-,57+,63-,64-,65-,66-,67+,72-,73-,74-,75-,76+/m0/s1. The Labute approximate surface area is 720 Å². The number of carbonyl (C=O) groups is 12. The number of aliphatic carboxylic acids is 1. The molecule has 2 aromatic carbocycles. The molecular weight excluding hydrogens is 1590 g/mol. The Morgan fingerprint density at radius 2 is 1.34 bits per heavy atom. The number of benzene rings is 2. The third kappa shape index (κ3) is 31.3. The van der Waals surface area contributed by atoms with Crippen LogP contribution in [0, 0.1) is 29.6 Å². The number of rotatable bonds is 53. The molecule has 0 saturated carbocycles. The van der Waals surface area contributed by atoms with Gasteiger partial charge in [0.25, 0.3) is 0 Å². The number of anilines is 1. The van der Waals surface area contributed by atoms with Crippen LogP contribution in [-0.2, 0) is 97.7 Å². The lowest BCUT2D eigenvalue weighted by Gasteiger charge is -2.41. The predicted octanol–water partition coefficient (Wildman–Crippen LogP) is 6.15. The van der Waals surface area contributed by atoms with E-state index in [1.165, 1.54) is 30.4 Å². The molecule has 0 spiro atoms. The summed E-state index contributed by atoms with van der Waals surface area (Å²) in [7, 11) is 11.9. The van der Waals surface area contributed by atoms with Gasteiger partial charge in [0.2, 0.25) is 53.2 Å². The second-order valence-electron chi connectivity index (χ2n) is 32.2. The van der Waals surface area contributed by atoms with Gasteiger partial charge in [0.1, 0.15) is 47.5 Å². The van der Waals surface area contributed by atoms with E-state index < -0.39 is 138 Å². The average Bonchev–Trinajstić information content (AvgIpc) is 1.00. The Morgan fingerprint density at radius 3 is 1.96 bits per heavy atom. The smallest absolute Gasteiger partial charge is 0.410 e. The van der Waals surface area contributed by atoms with Crippen LogP contribution in [0.1, 0.15) is 154 Å². The number of primary amides is 1. The van der Waals surface area contributed by atoms with E-state index in [1.807, 2.05) is 110 Å². The van der Waals surface area contributed by atoms with E-state index in [2.05, 4.69) is 52.5 Å². The molecule has 4 heterocycles. The number of hydrogen-bond donors (Lipinski definition) is 10. The van der Waals surface area contributed by atoms with Crippen LogP contribution >= 0.6 is 11.3 Å². The molecule has 12 atom stereocenters. The summed E-state index contributed by atoms with van der Waals surface area (Å²) in [6.45, 7) is 17.6. The van der Waals surface area contributed by atoms with Crippen molar-refractivity contribution >= 4 is 99.3 Å². The van der Waals surface area contributed by atoms with E-state index in [9.17, 15) is 62.6 Å². The monoisotopic (exact) mass is 1720 g/mol. The molecule has 122 heavy (non-hydrogen) atoms. The maximum Gasteiger partial charge on any atom is 0.410 e. The number of urea groups is 1. The van der Waals surface area contributed by atoms with Crippen molar-refractivity contribution in [3.63, 3.8) is 0 Å². The van der Waals surface area contributed by atoms with Crippen LogP contribution in [0.5, 0.6) is 0 Å². The van der Waals surface area contributed by atoms with Gasteiger partial charge in [0, 0.05) is 129 Å². The van der Waals surface area contributed by atoms with E-state index in [1.54, 1.807) is 102 Å². The number of aromatic nitrogens is 3. The summed E-state index contributed by atoms with van der Waals surface area (Å²) in [5.74, 6) is -7.60. The van der Waals surface area contributed by atoms with Crippen LogP contribution in [0.2, 0.25) is 0 Å². The van der Waals surface area contributed by atoms with Gasteiger partial charge in [-0.3, -0.25) is 52.8 Å². The number of carboxylic acid groups (broad SMARTS) is 1. The van der Waals surface area contributed by atoms with Crippen molar-refractivity contribution in [1.82, 2.24) is 76.5 Å². The Bertz CT molecular complexity index is 4170. The Kier molecular flexibility index (Phi) is 42.0. The number of ether oxygens (including phenoxy) is 5. The summed E-state index contributed by atoms with van der Waals surface area (Å²) >= 11 is 1.46. The van der Waals surface area contributed by atoms with Gasteiger partial charge >= 0.3 is 18.1 Å². The van der Waals surface area contributed by atoms with Crippen molar-refractivity contribution < 1.29 is 86.3 Å². The fourth-order valence-electron chi connectivity index (χ4n) is 14.8. The predicted molar refractivity (Wildman–Crippen MR) is 461 cm³/mol. The molecule has 12 amide bonds. The Hall–Kier alpha value is -10.2. The zero-order valence-corrected chi connectivity index (χ0v) is 74.4. The number of aryl methyl sites for hydroxylation is 1. The van der Waals surface area contributed by atoms with Crippen LogP contribution in [0.15, 0.2) is 90.6 Å². The molecule has 1 fully saturated rings. The molecule has 3 aromatic heterocycles. The second-order valence-corrected chi connectivity index (χ2v) is 33.1. The molecule has 11 N–H and O–H groups in total. The van der Waals surface area contributed by atoms with Gasteiger partial charge in [-0.25, -0.2) is 29.6 Å². The van der Waals surface area contributed by atoms with Crippen LogP contribution in [0.25, 0.3) is 11.0 Å². The Balaban J connectivity index is 0.962. The molecule has 1 saturated heterocycles. The van der Waals surface area contributed by atoms with Crippen molar-refractivity contribution in [2.45, 2.75) is 213 Å². The quantitative estimate of drug-likeness (QED) is 0.0154. The Morgan fingerprint density at radius 1 is 0.656 bits per heavy atom. The van der Waals surface area contributed by atoms with Crippen LogP contribution in [-0.4, -0.2) is 266 Å². The first-order valence-corrected chi connectivity index (χ1v) is 42.8. The van der Waals surface area contributed by atoms with Crippen molar-refractivity contribution in [3.05, 3.63) is 112 Å². The summed E-state index contributed by atoms with van der Waals surface area (Å²) in [6.07, 6.45) is 3.10. The number of nitrogens with one attached hydrogen (secondary N) is 8. The molecular formula is C86H131N17O18S. The van der Waals surface area contributed by atoms with E-state index >= 15 is 0 Å². The number of likely N-dealkylation sites (N-methyl/N-ethyl adjacent to an activating group) is 2. The molecule has 5 aromatic rings. The lowest BCUT2D eigenvalue weighted by molar-refractivity contribution is -0.148. The maximum absolute atomic E-state index is 15.0. The first-order chi connectivity index (χ1) is 58.1. The minimum Gasteiger partial charge on any atom is -0.481 e. The molecule has 0 bridgehead atoms. The molecule has 1 aliphatic rings. The molecule has 0 radical (unpaired) electrons. The van der Waals surface area contributed by atoms with Crippen LogP contribution in [0.4, 0.5) is 15.3 Å². The summed E-state index contributed by atoms with van der Waals surface area (Å²) in [5, 5.41) is 39.2. The third-order valence-corrected chi connectivity index (χ3v) is 22.9. The molecule has 6 rings (SSSR count). The number of nitrogens with zero attached hydrogens (tertiary/aromatic N) is 8. The summed E-state index contributed by atoms with van der Waals surface area (Å²) < 4.78 is 31.2. The van der Waals surface area contributed by atoms with E-state index in [0.717, 1.165) is 21.7 Å². The van der Waals surface area contributed by atoms with Crippen molar-refractivity contribution in [2.24, 2.45) is 35.3 Å². The number of hydrogen-bond acceptors (Lipinski definition) is 22. The largest absolute Gasteiger partial charge is 0.481 e. The van der Waals surface area contributed by atoms with Gasteiger partial charge in [-0.05, 0) is 104 Å². The van der Waals surface area contributed by atoms with Crippen molar-refractivity contribution in [3.8, 4) is 0 Å². The van der Waals surface area contributed by atoms with E-state index in [0.29, 0.717) is 55.7 Å². The number of amides is 12. The normalized spacial score (nSPS) is 15.5. The highest BCUT2D eigenvalue weighted by molar-refractivity contribution is 7.09.